The number of hydrogen-bond acceptors (Lipinski definition) is 3. The van der Waals surface area contributed by atoms with Gasteiger partial charge in [0.1, 0.15) is 6.10 Å². The Balaban J connectivity index is 2.89. The van der Waals surface area contributed by atoms with Crippen molar-refractivity contribution in [1.82, 2.24) is 0 Å². The summed E-state index contributed by atoms with van der Waals surface area (Å²) in [5.41, 5.74) is 1.02. The molecular formula is C12H15NO3. The van der Waals surface area contributed by atoms with Crippen LogP contribution in [0, 0.1) is 0 Å². The van der Waals surface area contributed by atoms with Crippen molar-refractivity contribution >= 4 is 17.4 Å². The molecule has 0 radical (unpaired) electrons. The summed E-state index contributed by atoms with van der Waals surface area (Å²) in [6, 6.07) is 6.89. The zero-order valence-electron chi connectivity index (χ0n) is 9.61. The molecule has 1 rings (SSSR count). The number of rotatable bonds is 4. The van der Waals surface area contributed by atoms with E-state index >= 15 is 0 Å². The molecule has 0 fully saturated rings. The summed E-state index contributed by atoms with van der Waals surface area (Å²) in [5, 5.41) is 2.66. The summed E-state index contributed by atoms with van der Waals surface area (Å²) in [4.78, 5) is 22.9. The van der Waals surface area contributed by atoms with Crippen molar-refractivity contribution in [2.45, 2.75) is 20.0 Å². The molecule has 0 heterocycles. The van der Waals surface area contributed by atoms with Crippen molar-refractivity contribution in [3.05, 3.63) is 29.8 Å². The molecule has 0 saturated heterocycles. The van der Waals surface area contributed by atoms with Crippen molar-refractivity contribution in [1.29, 1.82) is 0 Å². The molecule has 0 saturated carbocycles. The van der Waals surface area contributed by atoms with Crippen molar-refractivity contribution < 1.29 is 14.3 Å². The van der Waals surface area contributed by atoms with Gasteiger partial charge in [-0.05, 0) is 26.0 Å². The highest BCUT2D eigenvalue weighted by Gasteiger charge is 2.14. The van der Waals surface area contributed by atoms with Crippen molar-refractivity contribution in [2.24, 2.45) is 0 Å². The van der Waals surface area contributed by atoms with Gasteiger partial charge in [-0.1, -0.05) is 12.1 Å². The normalized spacial score (nSPS) is 11.9. The molecule has 0 bridgehead atoms. The van der Waals surface area contributed by atoms with E-state index in [0.29, 0.717) is 11.3 Å². The molecule has 0 aromatic heterocycles. The van der Waals surface area contributed by atoms with Crippen LogP contribution in [0.4, 0.5) is 5.69 Å². The maximum absolute atomic E-state index is 11.6. The van der Waals surface area contributed by atoms with Crippen LogP contribution in [0.1, 0.15) is 24.2 Å². The lowest BCUT2D eigenvalue weighted by atomic mass is 10.1. The van der Waals surface area contributed by atoms with Gasteiger partial charge < -0.3 is 10.1 Å². The number of hydrogen-bond donors (Lipinski definition) is 1. The van der Waals surface area contributed by atoms with Gasteiger partial charge in [-0.15, -0.1) is 0 Å². The highest BCUT2D eigenvalue weighted by molar-refractivity contribution is 6.04. The minimum atomic E-state index is -0.542. The number of ether oxygens (including phenoxy) is 1. The molecule has 1 amide bonds. The van der Waals surface area contributed by atoms with E-state index < -0.39 is 6.10 Å². The Bertz CT molecular complexity index is 401. The lowest BCUT2D eigenvalue weighted by molar-refractivity contribution is -0.124. The van der Waals surface area contributed by atoms with E-state index in [1.165, 1.54) is 14.0 Å². The molecule has 86 valence electrons. The van der Waals surface area contributed by atoms with Gasteiger partial charge in [0.25, 0.3) is 5.91 Å². The van der Waals surface area contributed by atoms with Crippen LogP contribution in [-0.2, 0) is 9.53 Å². The van der Waals surface area contributed by atoms with E-state index in [2.05, 4.69) is 5.32 Å². The Morgan fingerprint density at radius 2 is 1.94 bits per heavy atom. The molecule has 1 atom stereocenters. The Hall–Kier alpha value is -1.68. The summed E-state index contributed by atoms with van der Waals surface area (Å²) in [6.07, 6.45) is -0.542. The standard InChI is InChI=1S/C12H15NO3/c1-8(14)10-6-4-5-7-11(10)13-12(15)9(2)16-3/h4-7,9H,1-3H3,(H,13,15). The van der Waals surface area contributed by atoms with E-state index in [1.807, 2.05) is 0 Å². The maximum Gasteiger partial charge on any atom is 0.253 e. The Morgan fingerprint density at radius 3 is 2.50 bits per heavy atom. The predicted molar refractivity (Wildman–Crippen MR) is 61.5 cm³/mol. The minimum Gasteiger partial charge on any atom is -0.372 e. The maximum atomic E-state index is 11.6. The van der Waals surface area contributed by atoms with Crippen LogP contribution < -0.4 is 5.32 Å². The number of carbonyl (C=O) groups excluding carboxylic acids is 2. The second-order valence-electron chi connectivity index (χ2n) is 3.47. The summed E-state index contributed by atoms with van der Waals surface area (Å²) in [7, 11) is 1.46. The van der Waals surface area contributed by atoms with Gasteiger partial charge in [0.05, 0.1) is 5.69 Å². The fourth-order valence-corrected chi connectivity index (χ4v) is 1.24. The van der Waals surface area contributed by atoms with Crippen molar-refractivity contribution in [2.75, 3.05) is 12.4 Å². The molecule has 0 spiro atoms. The SMILES string of the molecule is COC(C)C(=O)Nc1ccccc1C(C)=O. The molecule has 0 aliphatic heterocycles. The molecule has 1 aromatic carbocycles. The van der Waals surface area contributed by atoms with Gasteiger partial charge in [-0.2, -0.15) is 0 Å². The molecule has 4 heteroatoms. The van der Waals surface area contributed by atoms with Crippen molar-refractivity contribution in [3.8, 4) is 0 Å². The smallest absolute Gasteiger partial charge is 0.253 e. The van der Waals surface area contributed by atoms with Crippen LogP contribution in [0.15, 0.2) is 24.3 Å². The average Bonchev–Trinajstić information content (AvgIpc) is 2.28. The third-order valence-corrected chi connectivity index (χ3v) is 2.29. The summed E-state index contributed by atoms with van der Waals surface area (Å²) >= 11 is 0. The van der Waals surface area contributed by atoms with Crippen LogP contribution in [0.5, 0.6) is 0 Å². The predicted octanol–water partition coefficient (Wildman–Crippen LogP) is 1.86. The molecule has 0 aliphatic rings. The highest BCUT2D eigenvalue weighted by atomic mass is 16.5. The summed E-state index contributed by atoms with van der Waals surface area (Å²) in [6.45, 7) is 3.11. The molecule has 16 heavy (non-hydrogen) atoms. The number of anilines is 1. The monoisotopic (exact) mass is 221 g/mol. The van der Waals surface area contributed by atoms with Gasteiger partial charge in [-0.3, -0.25) is 9.59 Å². The first-order valence-corrected chi connectivity index (χ1v) is 5.00. The second-order valence-corrected chi connectivity index (χ2v) is 3.47. The fourth-order valence-electron chi connectivity index (χ4n) is 1.24. The number of amides is 1. The zero-order valence-corrected chi connectivity index (χ0v) is 9.61. The molecule has 1 unspecified atom stereocenters. The van der Waals surface area contributed by atoms with E-state index in [1.54, 1.807) is 31.2 Å². The molecule has 4 nitrogen and oxygen atoms in total. The van der Waals surface area contributed by atoms with Crippen LogP contribution in [0.25, 0.3) is 0 Å². The third-order valence-electron chi connectivity index (χ3n) is 2.29. The number of benzene rings is 1. The van der Waals surface area contributed by atoms with Gasteiger partial charge in [0, 0.05) is 12.7 Å². The van der Waals surface area contributed by atoms with Gasteiger partial charge in [0.15, 0.2) is 5.78 Å². The van der Waals surface area contributed by atoms with Crippen LogP contribution in [-0.4, -0.2) is 24.9 Å². The minimum absolute atomic E-state index is 0.0824. The number of methoxy groups -OCH3 is 1. The molecule has 1 aromatic rings. The van der Waals surface area contributed by atoms with Crippen LogP contribution in [0.2, 0.25) is 0 Å². The number of ketones is 1. The van der Waals surface area contributed by atoms with E-state index in [0.717, 1.165) is 0 Å². The number of carbonyl (C=O) groups is 2. The van der Waals surface area contributed by atoms with Gasteiger partial charge in [-0.25, -0.2) is 0 Å². The van der Waals surface area contributed by atoms with Crippen LogP contribution in [0.3, 0.4) is 0 Å². The first-order chi connectivity index (χ1) is 7.56. The lowest BCUT2D eigenvalue weighted by Gasteiger charge is -2.12. The summed E-state index contributed by atoms with van der Waals surface area (Å²) < 4.78 is 4.89. The van der Waals surface area contributed by atoms with Gasteiger partial charge >= 0.3 is 0 Å². The second kappa shape index (κ2) is 5.42. The topological polar surface area (TPSA) is 55.4 Å². The summed E-state index contributed by atoms with van der Waals surface area (Å²) in [5.74, 6) is -0.350. The number of Topliss-reactive ketones (excluding diaryl/α,β-unsaturated/α-hetero) is 1. The fraction of sp³-hybridized carbons (Fsp3) is 0.333. The molecule has 0 aliphatic carbocycles. The Kier molecular flexibility index (Phi) is 4.19. The van der Waals surface area contributed by atoms with E-state index in [-0.39, 0.29) is 11.7 Å². The average molecular weight is 221 g/mol. The molecule has 1 N–H and O–H groups in total. The van der Waals surface area contributed by atoms with E-state index in [9.17, 15) is 9.59 Å². The number of nitrogens with one attached hydrogen (secondary N) is 1. The van der Waals surface area contributed by atoms with Gasteiger partial charge in [0.2, 0.25) is 0 Å². The number of para-hydroxylation sites is 1. The van der Waals surface area contributed by atoms with Crippen molar-refractivity contribution in [3.63, 3.8) is 0 Å². The van der Waals surface area contributed by atoms with Crippen LogP contribution >= 0.6 is 0 Å². The lowest BCUT2D eigenvalue weighted by Crippen LogP contribution is -2.27. The van der Waals surface area contributed by atoms with E-state index in [4.69, 9.17) is 4.74 Å². The Labute approximate surface area is 94.6 Å². The third kappa shape index (κ3) is 2.90. The highest BCUT2D eigenvalue weighted by Crippen LogP contribution is 2.15. The first kappa shape index (κ1) is 12.4. The Morgan fingerprint density at radius 1 is 1.31 bits per heavy atom. The first-order valence-electron chi connectivity index (χ1n) is 5.00. The largest absolute Gasteiger partial charge is 0.372 e. The molecular weight excluding hydrogens is 206 g/mol. The quantitative estimate of drug-likeness (QED) is 0.789. The zero-order chi connectivity index (χ0) is 12.1.